The molecule has 1 spiro atoms. The number of amides is 2. The van der Waals surface area contributed by atoms with Gasteiger partial charge >= 0.3 is 0 Å². The lowest BCUT2D eigenvalue weighted by atomic mass is 9.77. The van der Waals surface area contributed by atoms with E-state index in [2.05, 4.69) is 15.5 Å². The molecule has 0 aliphatic carbocycles. The molecule has 3 aliphatic rings. The highest BCUT2D eigenvalue weighted by Gasteiger charge is 2.67. The summed E-state index contributed by atoms with van der Waals surface area (Å²) in [5, 5.41) is 9.01. The topological polar surface area (TPSA) is 97.6 Å². The molecule has 5 heterocycles. The van der Waals surface area contributed by atoms with Crippen molar-refractivity contribution in [2.75, 3.05) is 16.8 Å². The second kappa shape index (κ2) is 4.99. The van der Waals surface area contributed by atoms with Crippen molar-refractivity contribution in [1.82, 2.24) is 10.1 Å². The molecule has 2 fully saturated rings. The van der Waals surface area contributed by atoms with Gasteiger partial charge in [-0.1, -0.05) is 17.3 Å². The van der Waals surface area contributed by atoms with E-state index in [1.54, 1.807) is 24.6 Å². The van der Waals surface area contributed by atoms with Crippen LogP contribution in [0.3, 0.4) is 0 Å². The van der Waals surface area contributed by atoms with Gasteiger partial charge in [0, 0.05) is 17.6 Å². The number of nitrogens with one attached hydrogen (secondary N) is 1. The summed E-state index contributed by atoms with van der Waals surface area (Å²) in [5.41, 5.74) is -0.778. The lowest BCUT2D eigenvalue weighted by Gasteiger charge is -2.22. The largest absolute Gasteiger partial charge is 0.360 e. The quantitative estimate of drug-likeness (QED) is 0.832. The maximum atomic E-state index is 13.0. The first-order valence-electron chi connectivity index (χ1n) is 7.90. The summed E-state index contributed by atoms with van der Waals surface area (Å²) in [6.45, 7) is 2.10. The zero-order chi connectivity index (χ0) is 17.2. The van der Waals surface area contributed by atoms with Gasteiger partial charge in [0.2, 0.25) is 11.8 Å². The smallest absolute Gasteiger partial charge is 0.235 e. The Kier molecular flexibility index (Phi) is 2.95. The highest BCUT2D eigenvalue weighted by Crippen LogP contribution is 2.52. The Morgan fingerprint density at radius 3 is 3.12 bits per heavy atom. The van der Waals surface area contributed by atoms with Gasteiger partial charge in [0.15, 0.2) is 10.9 Å². The number of hydrogen-bond acceptors (Lipinski definition) is 7. The van der Waals surface area contributed by atoms with Crippen molar-refractivity contribution in [3.63, 3.8) is 0 Å². The van der Waals surface area contributed by atoms with E-state index >= 15 is 0 Å². The normalized spacial score (nSPS) is 32.4. The van der Waals surface area contributed by atoms with Gasteiger partial charge in [-0.2, -0.15) is 0 Å². The Labute approximate surface area is 146 Å². The Balaban J connectivity index is 1.46. The fourth-order valence-electron chi connectivity index (χ4n) is 3.95. The molecule has 5 rings (SSSR count). The van der Waals surface area contributed by atoms with Gasteiger partial charge in [-0.25, -0.2) is 4.98 Å². The summed E-state index contributed by atoms with van der Waals surface area (Å²) in [5.74, 6) is -0.497. The Hall–Kier alpha value is -2.52. The van der Waals surface area contributed by atoms with Crippen molar-refractivity contribution >= 4 is 34.1 Å². The first-order chi connectivity index (χ1) is 12.1. The van der Waals surface area contributed by atoms with Gasteiger partial charge in [0.1, 0.15) is 11.4 Å². The van der Waals surface area contributed by atoms with E-state index in [1.807, 2.05) is 12.2 Å². The number of nitrogens with zero attached hydrogens (tertiary/aromatic N) is 3. The highest BCUT2D eigenvalue weighted by atomic mass is 32.1. The molecule has 0 radical (unpaired) electrons. The summed E-state index contributed by atoms with van der Waals surface area (Å²) in [6.07, 6.45) is 5.00. The van der Waals surface area contributed by atoms with Crippen molar-refractivity contribution < 1.29 is 18.8 Å². The molecule has 4 atom stereocenters. The average Bonchev–Trinajstić information content (AvgIpc) is 3.36. The maximum Gasteiger partial charge on any atom is 0.235 e. The van der Waals surface area contributed by atoms with Crippen molar-refractivity contribution in [2.45, 2.75) is 18.6 Å². The zero-order valence-electron chi connectivity index (χ0n) is 13.2. The maximum absolute atomic E-state index is 13.0. The van der Waals surface area contributed by atoms with Crippen LogP contribution in [-0.2, 0) is 14.3 Å². The molecule has 2 bridgehead atoms. The van der Waals surface area contributed by atoms with Crippen LogP contribution in [0.1, 0.15) is 5.76 Å². The molecular weight excluding hydrogens is 344 g/mol. The average molecular weight is 358 g/mol. The van der Waals surface area contributed by atoms with Crippen LogP contribution in [0.4, 0.5) is 10.9 Å². The van der Waals surface area contributed by atoms with Gasteiger partial charge in [-0.15, -0.1) is 11.3 Å². The van der Waals surface area contributed by atoms with E-state index in [1.165, 1.54) is 16.2 Å². The molecule has 128 valence electrons. The third-order valence-corrected chi connectivity index (χ3v) is 5.65. The van der Waals surface area contributed by atoms with Crippen LogP contribution in [0.2, 0.25) is 0 Å². The lowest BCUT2D eigenvalue weighted by Crippen LogP contribution is -2.41. The van der Waals surface area contributed by atoms with Crippen LogP contribution in [0.15, 0.2) is 34.3 Å². The van der Waals surface area contributed by atoms with Crippen LogP contribution in [-0.4, -0.2) is 40.2 Å². The minimum absolute atomic E-state index is 0.167. The fourth-order valence-corrected chi connectivity index (χ4v) is 4.48. The first kappa shape index (κ1) is 14.8. The first-order valence-corrected chi connectivity index (χ1v) is 8.78. The SMILES string of the molecule is Cc1cc(N2C[C@@]34C=C[C@@H](O3)[C@H](C(=O)Nc3nccs3)[C@H]4C2=O)no1. The van der Waals surface area contributed by atoms with Crippen molar-refractivity contribution in [2.24, 2.45) is 11.8 Å². The van der Waals surface area contributed by atoms with Gasteiger partial charge < -0.3 is 14.6 Å². The number of hydrogen-bond donors (Lipinski definition) is 1. The van der Waals surface area contributed by atoms with Crippen LogP contribution in [0.5, 0.6) is 0 Å². The number of aryl methyl sites for hydroxylation is 1. The third kappa shape index (κ3) is 2.02. The second-order valence-corrected chi connectivity index (χ2v) is 7.34. The summed E-state index contributed by atoms with van der Waals surface area (Å²) in [6, 6.07) is 1.70. The van der Waals surface area contributed by atoms with Crippen molar-refractivity contribution in [3.8, 4) is 0 Å². The number of fused-ring (bicyclic) bond motifs is 1. The predicted molar refractivity (Wildman–Crippen MR) is 88.1 cm³/mol. The van der Waals surface area contributed by atoms with Crippen LogP contribution < -0.4 is 10.2 Å². The summed E-state index contributed by atoms with van der Waals surface area (Å²) >= 11 is 1.33. The molecule has 2 aromatic rings. The molecule has 0 saturated carbocycles. The van der Waals surface area contributed by atoms with Crippen molar-refractivity contribution in [1.29, 1.82) is 0 Å². The number of carbonyl (C=O) groups is 2. The molecule has 2 saturated heterocycles. The Morgan fingerprint density at radius 2 is 2.40 bits per heavy atom. The molecule has 25 heavy (non-hydrogen) atoms. The van der Waals surface area contributed by atoms with E-state index in [0.29, 0.717) is 23.3 Å². The predicted octanol–water partition coefficient (Wildman–Crippen LogP) is 1.36. The molecule has 0 unspecified atom stereocenters. The molecule has 1 N–H and O–H groups in total. The molecule has 3 aliphatic heterocycles. The van der Waals surface area contributed by atoms with Crippen LogP contribution in [0, 0.1) is 18.8 Å². The molecule has 8 nitrogen and oxygen atoms in total. The highest BCUT2D eigenvalue weighted by molar-refractivity contribution is 7.13. The van der Waals surface area contributed by atoms with Gasteiger partial charge in [0.05, 0.1) is 24.5 Å². The number of anilines is 2. The number of aromatic nitrogens is 2. The molecule has 2 aromatic heterocycles. The van der Waals surface area contributed by atoms with E-state index < -0.39 is 23.5 Å². The zero-order valence-corrected chi connectivity index (χ0v) is 14.0. The monoisotopic (exact) mass is 358 g/mol. The van der Waals surface area contributed by atoms with E-state index in [0.717, 1.165) is 0 Å². The number of carbonyl (C=O) groups excluding carboxylic acids is 2. The van der Waals surface area contributed by atoms with Gasteiger partial charge in [-0.3, -0.25) is 14.5 Å². The third-order valence-electron chi connectivity index (χ3n) is 4.96. The molecular formula is C16H14N4O4S. The number of rotatable bonds is 3. The summed E-state index contributed by atoms with van der Waals surface area (Å²) in [4.78, 5) is 31.4. The number of thiazole rings is 1. The van der Waals surface area contributed by atoms with E-state index in [4.69, 9.17) is 9.26 Å². The van der Waals surface area contributed by atoms with E-state index in [-0.39, 0.29) is 11.8 Å². The van der Waals surface area contributed by atoms with Crippen LogP contribution >= 0.6 is 11.3 Å². The lowest BCUT2D eigenvalue weighted by molar-refractivity contribution is -0.128. The minimum atomic E-state index is -0.778. The van der Waals surface area contributed by atoms with Crippen molar-refractivity contribution in [3.05, 3.63) is 35.6 Å². The van der Waals surface area contributed by atoms with Crippen LogP contribution in [0.25, 0.3) is 0 Å². The molecule has 2 amide bonds. The summed E-state index contributed by atoms with van der Waals surface area (Å²) < 4.78 is 11.1. The Bertz CT molecular complexity index is 892. The molecule has 9 heteroatoms. The minimum Gasteiger partial charge on any atom is -0.360 e. The summed E-state index contributed by atoms with van der Waals surface area (Å²) in [7, 11) is 0. The standard InChI is InChI=1S/C16H14N4O4S/c1-8-6-10(19-24-8)20-7-16-3-2-9(23-16)11(12(16)14(20)22)13(21)18-15-17-4-5-25-15/h2-6,9,11-12H,7H2,1H3,(H,17,18,21)/t9-,11+,12+,16-/m1/s1. The van der Waals surface area contributed by atoms with Gasteiger partial charge in [-0.05, 0) is 6.92 Å². The molecule has 0 aromatic carbocycles. The van der Waals surface area contributed by atoms with E-state index in [9.17, 15) is 9.59 Å². The second-order valence-electron chi connectivity index (χ2n) is 6.45. The fraction of sp³-hybridized carbons (Fsp3) is 0.375. The Morgan fingerprint density at radius 1 is 1.52 bits per heavy atom. The van der Waals surface area contributed by atoms with Gasteiger partial charge in [0.25, 0.3) is 0 Å². The number of ether oxygens (including phenoxy) is 1.